The van der Waals surface area contributed by atoms with Gasteiger partial charge in [0.1, 0.15) is 0 Å². The fourth-order valence-electron chi connectivity index (χ4n) is 2.88. The quantitative estimate of drug-likeness (QED) is 0.435. The minimum atomic E-state index is 1.06. The molecule has 0 unspecified atom stereocenters. The van der Waals surface area contributed by atoms with Crippen LogP contribution in [0, 0.1) is 0 Å². The molecular weight excluding hydrogens is 286 g/mol. The fraction of sp³-hybridized carbons (Fsp3) is 0.100. The standard InChI is InChI=1S/C20H17NS/c1-2-15-12-13-20-18(14-15)21(16-8-4-3-5-9-16)17-10-6-7-11-19(17)22-20/h3-14H,2H2,1H3. The molecule has 0 saturated carbocycles. The molecular formula is C20H17NS. The summed E-state index contributed by atoms with van der Waals surface area (Å²) in [6.07, 6.45) is 1.06. The molecule has 1 aliphatic heterocycles. The number of para-hydroxylation sites is 2. The number of nitrogens with zero attached hydrogens (tertiary/aromatic N) is 1. The zero-order valence-electron chi connectivity index (χ0n) is 12.5. The second-order valence-electron chi connectivity index (χ2n) is 5.40. The number of aryl methyl sites for hydroxylation is 1. The number of fused-ring (bicyclic) bond motifs is 2. The Morgan fingerprint density at radius 2 is 1.50 bits per heavy atom. The monoisotopic (exact) mass is 303 g/mol. The predicted octanol–water partition coefficient (Wildman–Crippen LogP) is 6.18. The molecule has 4 rings (SSSR count). The van der Waals surface area contributed by atoms with Crippen LogP contribution in [0.25, 0.3) is 0 Å². The Morgan fingerprint density at radius 3 is 2.32 bits per heavy atom. The molecule has 0 radical (unpaired) electrons. The van der Waals surface area contributed by atoms with Crippen molar-refractivity contribution in [1.29, 1.82) is 0 Å². The summed E-state index contributed by atoms with van der Waals surface area (Å²) in [5.74, 6) is 0. The molecule has 0 N–H and O–H groups in total. The van der Waals surface area contributed by atoms with E-state index in [1.54, 1.807) is 0 Å². The first-order valence-corrected chi connectivity index (χ1v) is 8.43. The number of benzene rings is 3. The first-order chi connectivity index (χ1) is 10.9. The summed E-state index contributed by atoms with van der Waals surface area (Å²) in [4.78, 5) is 5.00. The molecule has 3 aromatic rings. The molecule has 0 bridgehead atoms. The van der Waals surface area contributed by atoms with Crippen molar-refractivity contribution in [2.45, 2.75) is 23.1 Å². The fourth-order valence-corrected chi connectivity index (χ4v) is 3.91. The summed E-state index contributed by atoms with van der Waals surface area (Å²) in [7, 11) is 0. The van der Waals surface area contributed by atoms with Crippen molar-refractivity contribution >= 4 is 28.8 Å². The third-order valence-corrected chi connectivity index (χ3v) is 5.14. The van der Waals surface area contributed by atoms with Crippen molar-refractivity contribution in [3.8, 4) is 0 Å². The van der Waals surface area contributed by atoms with Gasteiger partial charge in [0.25, 0.3) is 0 Å². The second-order valence-corrected chi connectivity index (χ2v) is 6.48. The minimum absolute atomic E-state index is 1.06. The summed E-state index contributed by atoms with van der Waals surface area (Å²) < 4.78 is 0. The van der Waals surface area contributed by atoms with E-state index in [-0.39, 0.29) is 0 Å². The van der Waals surface area contributed by atoms with Gasteiger partial charge in [0, 0.05) is 15.5 Å². The van der Waals surface area contributed by atoms with Gasteiger partial charge in [-0.1, -0.05) is 55.1 Å². The van der Waals surface area contributed by atoms with Crippen LogP contribution in [-0.4, -0.2) is 0 Å². The van der Waals surface area contributed by atoms with Gasteiger partial charge in [0.15, 0.2) is 0 Å². The van der Waals surface area contributed by atoms with E-state index in [0.29, 0.717) is 0 Å². The van der Waals surface area contributed by atoms with Gasteiger partial charge in [-0.2, -0.15) is 0 Å². The number of anilines is 3. The van der Waals surface area contributed by atoms with E-state index in [0.717, 1.165) is 6.42 Å². The topological polar surface area (TPSA) is 3.24 Å². The average Bonchev–Trinajstić information content (AvgIpc) is 2.60. The van der Waals surface area contributed by atoms with Crippen LogP contribution in [0.2, 0.25) is 0 Å². The van der Waals surface area contributed by atoms with Gasteiger partial charge in [-0.3, -0.25) is 0 Å². The van der Waals surface area contributed by atoms with Crippen LogP contribution in [0.1, 0.15) is 12.5 Å². The van der Waals surface area contributed by atoms with Gasteiger partial charge in [0.2, 0.25) is 0 Å². The Balaban J connectivity index is 1.96. The maximum absolute atomic E-state index is 2.38. The molecule has 1 nitrogen and oxygen atoms in total. The summed E-state index contributed by atoms with van der Waals surface area (Å²) in [5.41, 5.74) is 5.14. The molecule has 108 valence electrons. The molecule has 0 saturated heterocycles. The smallest absolute Gasteiger partial charge is 0.0604 e. The van der Waals surface area contributed by atoms with Crippen LogP contribution < -0.4 is 4.90 Å². The molecule has 0 amide bonds. The van der Waals surface area contributed by atoms with Gasteiger partial charge >= 0.3 is 0 Å². The first-order valence-electron chi connectivity index (χ1n) is 7.62. The van der Waals surface area contributed by atoms with Crippen molar-refractivity contribution in [1.82, 2.24) is 0 Å². The van der Waals surface area contributed by atoms with Crippen molar-refractivity contribution < 1.29 is 0 Å². The zero-order chi connectivity index (χ0) is 14.9. The van der Waals surface area contributed by atoms with Crippen molar-refractivity contribution in [2.75, 3.05) is 4.90 Å². The lowest BCUT2D eigenvalue weighted by Gasteiger charge is -2.33. The zero-order valence-corrected chi connectivity index (χ0v) is 13.3. The van der Waals surface area contributed by atoms with Crippen LogP contribution in [0.4, 0.5) is 17.1 Å². The molecule has 22 heavy (non-hydrogen) atoms. The van der Waals surface area contributed by atoms with Gasteiger partial charge in [-0.25, -0.2) is 0 Å². The lowest BCUT2D eigenvalue weighted by molar-refractivity contribution is 1.10. The molecule has 0 spiro atoms. The largest absolute Gasteiger partial charge is 0.308 e. The van der Waals surface area contributed by atoms with Gasteiger partial charge in [0.05, 0.1) is 11.4 Å². The predicted molar refractivity (Wildman–Crippen MR) is 94.6 cm³/mol. The van der Waals surface area contributed by atoms with Crippen molar-refractivity contribution in [3.63, 3.8) is 0 Å². The Bertz CT molecular complexity index is 811. The molecule has 0 aromatic heterocycles. The van der Waals surface area contributed by atoms with Crippen LogP contribution in [0.3, 0.4) is 0 Å². The van der Waals surface area contributed by atoms with E-state index in [4.69, 9.17) is 0 Å². The number of hydrogen-bond donors (Lipinski definition) is 0. The lowest BCUT2D eigenvalue weighted by atomic mass is 10.1. The Labute approximate surface area is 135 Å². The van der Waals surface area contributed by atoms with Crippen LogP contribution in [0.15, 0.2) is 82.6 Å². The maximum Gasteiger partial charge on any atom is 0.0604 e. The summed E-state index contributed by atoms with van der Waals surface area (Å²) in [6, 6.07) is 26.1. The molecule has 0 fully saturated rings. The average molecular weight is 303 g/mol. The Kier molecular flexibility index (Phi) is 3.39. The van der Waals surface area contributed by atoms with Gasteiger partial charge < -0.3 is 4.90 Å². The van der Waals surface area contributed by atoms with E-state index in [2.05, 4.69) is 84.6 Å². The van der Waals surface area contributed by atoms with E-state index in [1.807, 2.05) is 11.8 Å². The highest BCUT2D eigenvalue weighted by Gasteiger charge is 2.24. The highest BCUT2D eigenvalue weighted by atomic mass is 32.2. The van der Waals surface area contributed by atoms with Gasteiger partial charge in [-0.05, 0) is 48.4 Å². The first kappa shape index (κ1) is 13.5. The normalized spacial score (nSPS) is 12.7. The van der Waals surface area contributed by atoms with E-state index >= 15 is 0 Å². The highest BCUT2D eigenvalue weighted by molar-refractivity contribution is 7.99. The molecule has 0 aliphatic carbocycles. The Hall–Kier alpha value is -2.19. The summed E-state index contributed by atoms with van der Waals surface area (Å²) in [5, 5.41) is 0. The molecule has 1 aliphatic rings. The van der Waals surface area contributed by atoms with Crippen molar-refractivity contribution in [3.05, 3.63) is 78.4 Å². The molecule has 2 heteroatoms. The van der Waals surface area contributed by atoms with Gasteiger partial charge in [-0.15, -0.1) is 0 Å². The lowest BCUT2D eigenvalue weighted by Crippen LogP contribution is -2.14. The van der Waals surface area contributed by atoms with Crippen molar-refractivity contribution in [2.24, 2.45) is 0 Å². The number of hydrogen-bond acceptors (Lipinski definition) is 2. The van der Waals surface area contributed by atoms with E-state index in [9.17, 15) is 0 Å². The molecule has 1 heterocycles. The van der Waals surface area contributed by atoms with Crippen LogP contribution >= 0.6 is 11.8 Å². The maximum atomic E-state index is 2.38. The second kappa shape index (κ2) is 5.54. The highest BCUT2D eigenvalue weighted by Crippen LogP contribution is 2.51. The SMILES string of the molecule is CCc1ccc2c(c1)N(c1ccccc1)c1ccccc1S2. The number of rotatable bonds is 2. The molecule has 3 aromatic carbocycles. The molecule has 0 atom stereocenters. The van der Waals surface area contributed by atoms with E-state index < -0.39 is 0 Å². The third kappa shape index (κ3) is 2.20. The van der Waals surface area contributed by atoms with Crippen LogP contribution in [-0.2, 0) is 6.42 Å². The minimum Gasteiger partial charge on any atom is -0.308 e. The summed E-state index contributed by atoms with van der Waals surface area (Å²) in [6.45, 7) is 2.21. The van der Waals surface area contributed by atoms with E-state index in [1.165, 1.54) is 32.4 Å². The van der Waals surface area contributed by atoms with Crippen LogP contribution in [0.5, 0.6) is 0 Å². The third-order valence-electron chi connectivity index (χ3n) is 4.01. The Morgan fingerprint density at radius 1 is 0.773 bits per heavy atom. The summed E-state index contributed by atoms with van der Waals surface area (Å²) >= 11 is 1.86.